The molecule has 0 saturated carbocycles. The molecule has 0 aromatic carbocycles. The van der Waals surface area contributed by atoms with Crippen LogP contribution >= 0.6 is 0 Å². The smallest absolute Gasteiger partial charge is 0.438 e. The minimum atomic E-state index is -5.37. The molecule has 2 rings (SSSR count). The van der Waals surface area contributed by atoms with Crippen molar-refractivity contribution in [2.45, 2.75) is 50.2 Å². The average Bonchev–Trinajstić information content (AvgIpc) is 3.07. The number of ether oxygens (including phenoxy) is 2. The van der Waals surface area contributed by atoms with Crippen molar-refractivity contribution >= 4 is 23.6 Å². The fourth-order valence-corrected chi connectivity index (χ4v) is 2.72. The predicted molar refractivity (Wildman–Crippen MR) is 94.2 cm³/mol. The Morgan fingerprint density at radius 1 is 1.06 bits per heavy atom. The van der Waals surface area contributed by atoms with Gasteiger partial charge in [-0.1, -0.05) is 0 Å². The van der Waals surface area contributed by atoms with Crippen molar-refractivity contribution in [2.24, 2.45) is 5.10 Å². The Hall–Kier alpha value is -2.97. The van der Waals surface area contributed by atoms with Crippen LogP contribution in [0.15, 0.2) is 11.2 Å². The van der Waals surface area contributed by atoms with Gasteiger partial charge in [0, 0.05) is 24.2 Å². The fraction of sp³-hybridized carbons (Fsp3) is 0.588. The molecule has 0 aliphatic carbocycles. The normalized spacial score (nSPS) is 19.0. The second kappa shape index (κ2) is 9.26. The standard InChI is InChI=1S/C17H18F6N4O5/c1-31-12(28)5-3-9-7-11(16(18,19)20)25-14(24-9)27-15(30,17(21,22)23)8-10(26-27)4-6-13(29)32-2/h7,30H,3-6,8H2,1-2H3/t15-/m0/s1. The minimum absolute atomic E-state index is 0.156. The summed E-state index contributed by atoms with van der Waals surface area (Å²) >= 11 is 0. The van der Waals surface area contributed by atoms with Gasteiger partial charge in [-0.15, -0.1) is 0 Å². The van der Waals surface area contributed by atoms with E-state index in [0.29, 0.717) is 6.07 Å². The maximum Gasteiger partial charge on any atom is 0.438 e. The molecular weight excluding hydrogens is 454 g/mol. The van der Waals surface area contributed by atoms with Crippen molar-refractivity contribution in [3.63, 3.8) is 0 Å². The van der Waals surface area contributed by atoms with Gasteiger partial charge >= 0.3 is 24.3 Å². The molecule has 1 atom stereocenters. The van der Waals surface area contributed by atoms with Gasteiger partial charge in [0.2, 0.25) is 5.95 Å². The van der Waals surface area contributed by atoms with Crippen LogP contribution in [0.25, 0.3) is 0 Å². The van der Waals surface area contributed by atoms with Crippen LogP contribution < -0.4 is 5.01 Å². The third kappa shape index (κ3) is 5.63. The van der Waals surface area contributed by atoms with Gasteiger partial charge in [0.05, 0.1) is 27.1 Å². The SMILES string of the molecule is COC(=O)CCC1=NN(c2nc(CCC(=O)OC)cc(C(F)(F)F)n2)[C@@](O)(C(F)(F)F)C1. The number of hydrogen-bond donors (Lipinski definition) is 1. The van der Waals surface area contributed by atoms with E-state index in [1.54, 1.807) is 0 Å². The lowest BCUT2D eigenvalue weighted by Gasteiger charge is -2.32. The minimum Gasteiger partial charge on any atom is -0.469 e. The number of nitrogens with zero attached hydrogens (tertiary/aromatic N) is 4. The molecule has 178 valence electrons. The molecule has 1 aliphatic rings. The molecule has 0 amide bonds. The zero-order valence-electron chi connectivity index (χ0n) is 16.7. The number of carbonyl (C=O) groups is 2. The third-order valence-corrected chi connectivity index (χ3v) is 4.40. The number of rotatable bonds is 7. The highest BCUT2D eigenvalue weighted by Crippen LogP contribution is 2.43. The fourth-order valence-electron chi connectivity index (χ4n) is 2.72. The summed E-state index contributed by atoms with van der Waals surface area (Å²) in [6.45, 7) is 0. The van der Waals surface area contributed by atoms with Gasteiger partial charge in [-0.3, -0.25) is 9.59 Å². The number of esters is 2. The van der Waals surface area contributed by atoms with Crippen LogP contribution in [0.1, 0.15) is 37.1 Å². The Bertz CT molecular complexity index is 904. The van der Waals surface area contributed by atoms with Crippen molar-refractivity contribution in [2.75, 3.05) is 19.2 Å². The number of carbonyl (C=O) groups excluding carboxylic acids is 2. The van der Waals surface area contributed by atoms with E-state index in [2.05, 4.69) is 24.5 Å². The number of hydrazone groups is 1. The molecule has 0 bridgehead atoms. The van der Waals surface area contributed by atoms with Crippen LogP contribution in [0.5, 0.6) is 0 Å². The average molecular weight is 472 g/mol. The summed E-state index contributed by atoms with van der Waals surface area (Å²) in [4.78, 5) is 29.3. The molecule has 0 fully saturated rings. The maximum absolute atomic E-state index is 13.7. The molecule has 1 aromatic heterocycles. The molecule has 32 heavy (non-hydrogen) atoms. The summed E-state index contributed by atoms with van der Waals surface area (Å²) in [7, 11) is 2.11. The van der Waals surface area contributed by atoms with Gasteiger partial charge in [-0.05, 0) is 12.5 Å². The Morgan fingerprint density at radius 2 is 1.62 bits per heavy atom. The van der Waals surface area contributed by atoms with Gasteiger partial charge < -0.3 is 14.6 Å². The molecule has 0 saturated heterocycles. The van der Waals surface area contributed by atoms with E-state index in [0.717, 1.165) is 14.2 Å². The molecule has 1 N–H and O–H groups in total. The summed E-state index contributed by atoms with van der Waals surface area (Å²) in [6.07, 6.45) is -13.1. The van der Waals surface area contributed by atoms with E-state index >= 15 is 0 Å². The first-order valence-electron chi connectivity index (χ1n) is 8.95. The number of aryl methyl sites for hydroxylation is 1. The molecule has 0 spiro atoms. The number of aromatic nitrogens is 2. The van der Waals surface area contributed by atoms with Gasteiger partial charge in [0.15, 0.2) is 0 Å². The van der Waals surface area contributed by atoms with Crippen LogP contribution in [-0.4, -0.2) is 58.8 Å². The van der Waals surface area contributed by atoms with E-state index in [-0.39, 0.29) is 23.6 Å². The maximum atomic E-state index is 13.7. The summed E-state index contributed by atoms with van der Waals surface area (Å²) in [5, 5.41) is 13.7. The van der Waals surface area contributed by atoms with Gasteiger partial charge in [-0.2, -0.15) is 36.5 Å². The molecule has 2 heterocycles. The second-order valence-corrected chi connectivity index (χ2v) is 6.66. The lowest BCUT2D eigenvalue weighted by atomic mass is 10.0. The lowest BCUT2D eigenvalue weighted by molar-refractivity contribution is -0.254. The van der Waals surface area contributed by atoms with Crippen LogP contribution in [0, 0.1) is 0 Å². The first kappa shape index (κ1) is 25.3. The molecule has 1 aliphatic heterocycles. The van der Waals surface area contributed by atoms with Crippen molar-refractivity contribution in [3.8, 4) is 0 Å². The molecule has 0 unspecified atom stereocenters. The van der Waals surface area contributed by atoms with Gasteiger partial charge in [0.25, 0.3) is 5.72 Å². The number of hydrogen-bond acceptors (Lipinski definition) is 9. The first-order valence-corrected chi connectivity index (χ1v) is 8.95. The van der Waals surface area contributed by atoms with Crippen molar-refractivity contribution in [1.29, 1.82) is 0 Å². The van der Waals surface area contributed by atoms with Gasteiger partial charge in [-0.25, -0.2) is 9.97 Å². The van der Waals surface area contributed by atoms with E-state index < -0.39 is 66.6 Å². The first-order chi connectivity index (χ1) is 14.7. The predicted octanol–water partition coefficient (Wildman–Crippen LogP) is 2.37. The number of aliphatic hydroxyl groups is 1. The molecule has 0 radical (unpaired) electrons. The molecule has 15 heteroatoms. The second-order valence-electron chi connectivity index (χ2n) is 6.66. The van der Waals surface area contributed by atoms with E-state index in [4.69, 9.17) is 0 Å². The zero-order valence-corrected chi connectivity index (χ0v) is 16.7. The highest BCUT2D eigenvalue weighted by molar-refractivity contribution is 5.91. The summed E-state index contributed by atoms with van der Waals surface area (Å²) in [5.74, 6) is -2.72. The van der Waals surface area contributed by atoms with Crippen molar-refractivity contribution in [1.82, 2.24) is 9.97 Å². The van der Waals surface area contributed by atoms with Gasteiger partial charge in [0.1, 0.15) is 5.69 Å². The van der Waals surface area contributed by atoms with Crippen LogP contribution in [0.3, 0.4) is 0 Å². The zero-order chi connectivity index (χ0) is 24.3. The largest absolute Gasteiger partial charge is 0.469 e. The third-order valence-electron chi connectivity index (χ3n) is 4.40. The monoisotopic (exact) mass is 472 g/mol. The van der Waals surface area contributed by atoms with Crippen molar-refractivity contribution < 1.29 is 50.5 Å². The Balaban J connectivity index is 2.51. The lowest BCUT2D eigenvalue weighted by Crippen LogP contribution is -2.55. The summed E-state index contributed by atoms with van der Waals surface area (Å²) in [5.41, 5.74) is -6.09. The molecule has 1 aromatic rings. The Labute approximate surface area is 177 Å². The number of methoxy groups -OCH3 is 2. The van der Waals surface area contributed by atoms with Crippen LogP contribution in [0.4, 0.5) is 32.3 Å². The summed E-state index contributed by atoms with van der Waals surface area (Å²) < 4.78 is 89.6. The number of alkyl halides is 6. The quantitative estimate of drug-likeness (QED) is 0.475. The number of anilines is 1. The van der Waals surface area contributed by atoms with E-state index in [9.17, 15) is 41.0 Å². The van der Waals surface area contributed by atoms with E-state index in [1.165, 1.54) is 0 Å². The Morgan fingerprint density at radius 3 is 2.12 bits per heavy atom. The topological polar surface area (TPSA) is 114 Å². The van der Waals surface area contributed by atoms with Crippen LogP contribution in [0.2, 0.25) is 0 Å². The van der Waals surface area contributed by atoms with Crippen LogP contribution in [-0.2, 0) is 31.7 Å². The van der Waals surface area contributed by atoms with Crippen molar-refractivity contribution in [3.05, 3.63) is 17.5 Å². The summed E-state index contributed by atoms with van der Waals surface area (Å²) in [6, 6.07) is 0.469. The van der Waals surface area contributed by atoms with E-state index in [1.807, 2.05) is 0 Å². The molecular formula is C17H18F6N4O5. The Kier molecular flexibility index (Phi) is 7.32. The highest BCUT2D eigenvalue weighted by atomic mass is 19.4. The highest BCUT2D eigenvalue weighted by Gasteiger charge is 2.62. The number of halogens is 6. The molecule has 9 nitrogen and oxygen atoms in total.